The van der Waals surface area contributed by atoms with Crippen LogP contribution in [-0.2, 0) is 4.79 Å². The van der Waals surface area contributed by atoms with E-state index in [2.05, 4.69) is 32.7 Å². The monoisotopic (exact) mass is 401 g/mol. The van der Waals surface area contributed by atoms with Crippen LogP contribution in [0.25, 0.3) is 0 Å². The molecular weight excluding hydrogens is 366 g/mol. The summed E-state index contributed by atoms with van der Waals surface area (Å²) in [4.78, 5) is 21.2. The second-order valence-corrected chi connectivity index (χ2v) is 7.75. The van der Waals surface area contributed by atoms with Gasteiger partial charge in [-0.05, 0) is 51.3 Å². The van der Waals surface area contributed by atoms with Gasteiger partial charge in [0.15, 0.2) is 5.96 Å². The third kappa shape index (κ3) is 5.85. The largest absolute Gasteiger partial charge is 0.496 e. The van der Waals surface area contributed by atoms with Crippen LogP contribution < -0.4 is 15.4 Å². The van der Waals surface area contributed by atoms with E-state index >= 15 is 0 Å². The molecule has 160 valence electrons. The maximum absolute atomic E-state index is 12.4. The summed E-state index contributed by atoms with van der Waals surface area (Å²) in [6.07, 6.45) is 5.89. The molecule has 1 amide bonds. The van der Waals surface area contributed by atoms with Crippen LogP contribution >= 0.6 is 0 Å². The highest BCUT2D eigenvalue weighted by Gasteiger charge is 2.26. The molecule has 3 rings (SSSR count). The number of para-hydroxylation sites is 1. The van der Waals surface area contributed by atoms with Crippen molar-refractivity contribution in [3.8, 4) is 5.75 Å². The number of benzene rings is 1. The number of methoxy groups -OCH3 is 1. The molecule has 2 fully saturated rings. The molecule has 0 spiro atoms. The van der Waals surface area contributed by atoms with E-state index in [1.165, 1.54) is 24.8 Å². The first-order chi connectivity index (χ1) is 14.2. The van der Waals surface area contributed by atoms with Gasteiger partial charge in [0, 0.05) is 32.2 Å². The van der Waals surface area contributed by atoms with Crippen molar-refractivity contribution < 1.29 is 9.53 Å². The van der Waals surface area contributed by atoms with E-state index in [9.17, 15) is 4.79 Å². The molecule has 7 nitrogen and oxygen atoms in total. The van der Waals surface area contributed by atoms with Crippen LogP contribution in [0.5, 0.6) is 5.75 Å². The minimum absolute atomic E-state index is 0.147. The molecule has 0 bridgehead atoms. The van der Waals surface area contributed by atoms with Gasteiger partial charge >= 0.3 is 0 Å². The second-order valence-electron chi connectivity index (χ2n) is 7.75. The Balaban J connectivity index is 1.59. The summed E-state index contributed by atoms with van der Waals surface area (Å²) in [5.41, 5.74) is 1.18. The number of piperidine rings is 1. The molecule has 1 atom stereocenters. The van der Waals surface area contributed by atoms with Gasteiger partial charge in [0.05, 0.1) is 19.7 Å². The van der Waals surface area contributed by atoms with Gasteiger partial charge in [-0.25, -0.2) is 0 Å². The van der Waals surface area contributed by atoms with Crippen molar-refractivity contribution >= 4 is 11.9 Å². The number of ether oxygens (including phenoxy) is 1. The molecular formula is C22H35N5O2. The Hall–Kier alpha value is -2.28. The highest BCUT2D eigenvalue weighted by molar-refractivity contribution is 5.86. The molecule has 7 heteroatoms. The Morgan fingerprint density at radius 3 is 2.45 bits per heavy atom. The minimum atomic E-state index is 0.147. The van der Waals surface area contributed by atoms with Crippen LogP contribution in [0, 0.1) is 0 Å². The topological polar surface area (TPSA) is 69.2 Å². The van der Waals surface area contributed by atoms with E-state index in [-0.39, 0.29) is 18.5 Å². The fourth-order valence-electron chi connectivity index (χ4n) is 4.26. The number of carbonyl (C=O) groups is 1. The summed E-state index contributed by atoms with van der Waals surface area (Å²) in [5, 5.41) is 6.62. The molecule has 2 aliphatic rings. The molecule has 0 radical (unpaired) electrons. The average Bonchev–Trinajstić information content (AvgIpc) is 3.31. The van der Waals surface area contributed by atoms with Crippen molar-refractivity contribution in [2.24, 2.45) is 4.99 Å². The molecule has 2 saturated heterocycles. The molecule has 2 N–H and O–H groups in total. The van der Waals surface area contributed by atoms with Crippen LogP contribution in [0.3, 0.4) is 0 Å². The summed E-state index contributed by atoms with van der Waals surface area (Å²) in [7, 11) is 3.47. The van der Waals surface area contributed by atoms with Crippen LogP contribution in [0.2, 0.25) is 0 Å². The number of guanidine groups is 1. The van der Waals surface area contributed by atoms with Crippen LogP contribution in [-0.4, -0.2) is 75.1 Å². The fourth-order valence-corrected chi connectivity index (χ4v) is 4.26. The average molecular weight is 402 g/mol. The molecule has 0 aromatic heterocycles. The van der Waals surface area contributed by atoms with Crippen molar-refractivity contribution in [2.45, 2.75) is 38.1 Å². The van der Waals surface area contributed by atoms with Gasteiger partial charge < -0.3 is 20.3 Å². The van der Waals surface area contributed by atoms with E-state index in [0.717, 1.165) is 44.8 Å². The first kappa shape index (κ1) is 21.4. The maximum Gasteiger partial charge on any atom is 0.241 e. The second kappa shape index (κ2) is 11.0. The van der Waals surface area contributed by atoms with Gasteiger partial charge in [-0.15, -0.1) is 0 Å². The Morgan fingerprint density at radius 2 is 1.76 bits per heavy atom. The van der Waals surface area contributed by atoms with Gasteiger partial charge in [0.2, 0.25) is 5.91 Å². The standard InChI is InChI=1S/C22H35N5O2/c1-23-22(25-17-21(28)27-14-6-3-7-15-27)24-16-19(26-12-8-9-13-26)18-10-4-5-11-20(18)29-2/h4-5,10-11,19H,3,6-9,12-17H2,1-2H3,(H2,23,24,25). The summed E-state index contributed by atoms with van der Waals surface area (Å²) in [5.74, 6) is 1.72. The van der Waals surface area contributed by atoms with Crippen LogP contribution in [0.15, 0.2) is 29.3 Å². The molecule has 0 aliphatic carbocycles. The third-order valence-corrected chi connectivity index (χ3v) is 5.88. The summed E-state index contributed by atoms with van der Waals surface area (Å²) in [6, 6.07) is 8.42. The van der Waals surface area contributed by atoms with E-state index in [1.54, 1.807) is 14.2 Å². The highest BCUT2D eigenvalue weighted by atomic mass is 16.5. The lowest BCUT2D eigenvalue weighted by Crippen LogP contribution is -2.47. The lowest BCUT2D eigenvalue weighted by Gasteiger charge is -2.30. The zero-order chi connectivity index (χ0) is 20.5. The Kier molecular flexibility index (Phi) is 8.16. The van der Waals surface area contributed by atoms with E-state index < -0.39 is 0 Å². The maximum atomic E-state index is 12.4. The lowest BCUT2D eigenvalue weighted by atomic mass is 10.0. The van der Waals surface area contributed by atoms with Crippen molar-refractivity contribution in [2.75, 3.05) is 53.4 Å². The molecule has 2 aliphatic heterocycles. The number of rotatable bonds is 7. The smallest absolute Gasteiger partial charge is 0.241 e. The number of hydrogen-bond acceptors (Lipinski definition) is 4. The predicted octanol–water partition coefficient (Wildman–Crippen LogP) is 2.01. The lowest BCUT2D eigenvalue weighted by molar-refractivity contribution is -0.130. The third-order valence-electron chi connectivity index (χ3n) is 5.88. The number of amides is 1. The van der Waals surface area contributed by atoms with Crippen molar-refractivity contribution in [3.05, 3.63) is 29.8 Å². The van der Waals surface area contributed by atoms with E-state index in [0.29, 0.717) is 12.5 Å². The Labute approximate surface area is 174 Å². The van der Waals surface area contributed by atoms with Gasteiger partial charge in [0.1, 0.15) is 5.75 Å². The van der Waals surface area contributed by atoms with Gasteiger partial charge in [-0.1, -0.05) is 18.2 Å². The summed E-state index contributed by atoms with van der Waals surface area (Å²) in [6.45, 7) is 4.91. The fraction of sp³-hybridized carbons (Fsp3) is 0.636. The van der Waals surface area contributed by atoms with Crippen LogP contribution in [0.4, 0.5) is 0 Å². The van der Waals surface area contributed by atoms with E-state index in [4.69, 9.17) is 4.74 Å². The van der Waals surface area contributed by atoms with Crippen molar-refractivity contribution in [3.63, 3.8) is 0 Å². The Morgan fingerprint density at radius 1 is 1.07 bits per heavy atom. The summed E-state index contributed by atoms with van der Waals surface area (Å²) < 4.78 is 5.61. The van der Waals surface area contributed by atoms with Crippen molar-refractivity contribution in [1.29, 1.82) is 0 Å². The molecule has 29 heavy (non-hydrogen) atoms. The predicted molar refractivity (Wildman–Crippen MR) is 116 cm³/mol. The van der Waals surface area contributed by atoms with Gasteiger partial charge in [0.25, 0.3) is 0 Å². The first-order valence-electron chi connectivity index (χ1n) is 10.8. The zero-order valence-electron chi connectivity index (χ0n) is 17.8. The minimum Gasteiger partial charge on any atom is -0.496 e. The normalized spacial score (nSPS) is 19.1. The SMILES string of the molecule is CN=C(NCC(=O)N1CCCCC1)NCC(c1ccccc1OC)N1CCCC1. The quantitative estimate of drug-likeness (QED) is 0.540. The number of nitrogens with one attached hydrogen (secondary N) is 2. The first-order valence-corrected chi connectivity index (χ1v) is 10.8. The number of likely N-dealkylation sites (tertiary alicyclic amines) is 2. The molecule has 2 heterocycles. The van der Waals surface area contributed by atoms with Crippen molar-refractivity contribution in [1.82, 2.24) is 20.4 Å². The molecule has 1 aromatic carbocycles. The number of hydrogen-bond donors (Lipinski definition) is 2. The molecule has 1 unspecified atom stereocenters. The summed E-state index contributed by atoms with van der Waals surface area (Å²) >= 11 is 0. The molecule has 0 saturated carbocycles. The Bertz CT molecular complexity index is 682. The van der Waals surface area contributed by atoms with Gasteiger partial charge in [-0.3, -0.25) is 14.7 Å². The van der Waals surface area contributed by atoms with Gasteiger partial charge in [-0.2, -0.15) is 0 Å². The van der Waals surface area contributed by atoms with E-state index in [1.807, 2.05) is 17.0 Å². The zero-order valence-corrected chi connectivity index (χ0v) is 17.8. The molecule has 1 aromatic rings. The highest BCUT2D eigenvalue weighted by Crippen LogP contribution is 2.31. The number of carbonyl (C=O) groups excluding carboxylic acids is 1. The number of nitrogens with zero attached hydrogens (tertiary/aromatic N) is 3. The van der Waals surface area contributed by atoms with Crippen LogP contribution in [0.1, 0.15) is 43.7 Å². The number of aliphatic imine (C=N–C) groups is 1.